The average Bonchev–Trinajstić information content (AvgIpc) is 3.21. The van der Waals surface area contributed by atoms with E-state index >= 15 is 0 Å². The summed E-state index contributed by atoms with van der Waals surface area (Å²) in [6, 6.07) is 19.4. The number of hydrogen-bond donors (Lipinski definition) is 3. The molecule has 37 heavy (non-hydrogen) atoms. The fourth-order valence-electron chi connectivity index (χ4n) is 3.96. The summed E-state index contributed by atoms with van der Waals surface area (Å²) in [5, 5.41) is 3.55. The van der Waals surface area contributed by atoms with E-state index < -0.39 is 27.7 Å². The fourth-order valence-corrected chi connectivity index (χ4v) is 4.51. The highest BCUT2D eigenvalue weighted by Gasteiger charge is 2.32. The number of aromatic amines is 1. The molecule has 1 aromatic heterocycles. The van der Waals surface area contributed by atoms with Crippen LogP contribution in [-0.2, 0) is 15.4 Å². The first-order chi connectivity index (χ1) is 17.2. The highest BCUT2D eigenvalue weighted by molar-refractivity contribution is 7.92. The van der Waals surface area contributed by atoms with E-state index in [2.05, 4.69) is 19.8 Å². The van der Waals surface area contributed by atoms with Crippen LogP contribution < -0.4 is 14.8 Å². The van der Waals surface area contributed by atoms with Crippen molar-refractivity contribution in [2.75, 3.05) is 16.3 Å². The zero-order valence-corrected chi connectivity index (χ0v) is 20.9. The zero-order valence-electron chi connectivity index (χ0n) is 20.1. The van der Waals surface area contributed by atoms with Crippen molar-refractivity contribution < 1.29 is 31.1 Å². The van der Waals surface area contributed by atoms with Crippen molar-refractivity contribution in [3.05, 3.63) is 89.6 Å². The lowest BCUT2D eigenvalue weighted by atomic mass is 9.78. The lowest BCUT2D eigenvalue weighted by Gasteiger charge is -2.27. The Hall–Kier alpha value is -3.99. The number of anilines is 2. The molecule has 7 nitrogen and oxygen atoms in total. The number of aromatic nitrogens is 1. The van der Waals surface area contributed by atoms with Gasteiger partial charge in [-0.15, -0.1) is 13.2 Å². The highest BCUT2D eigenvalue weighted by atomic mass is 32.2. The quantitative estimate of drug-likeness (QED) is 0.272. The minimum atomic E-state index is -4.79. The first-order valence-electron chi connectivity index (χ1n) is 11.1. The summed E-state index contributed by atoms with van der Waals surface area (Å²) >= 11 is 0. The van der Waals surface area contributed by atoms with E-state index in [1.165, 1.54) is 18.2 Å². The summed E-state index contributed by atoms with van der Waals surface area (Å²) in [5.74, 6) is -0.722. The highest BCUT2D eigenvalue weighted by Crippen LogP contribution is 2.35. The second-order valence-corrected chi connectivity index (χ2v) is 10.8. The van der Waals surface area contributed by atoms with E-state index in [0.29, 0.717) is 22.5 Å². The van der Waals surface area contributed by atoms with Gasteiger partial charge >= 0.3 is 6.36 Å². The molecule has 3 N–H and O–H groups in total. The topological polar surface area (TPSA) is 100 Å². The Morgan fingerprint density at radius 3 is 2.24 bits per heavy atom. The SMILES string of the molecule is CC(C)(c1cccc(NC(=O)c2cc3ccc(NS(C)(=O)=O)cc3[nH]2)c1)c1cccc(OC(F)(F)F)c1. The molecule has 0 aliphatic rings. The van der Waals surface area contributed by atoms with E-state index in [9.17, 15) is 26.4 Å². The fraction of sp³-hybridized carbons (Fsp3) is 0.192. The summed E-state index contributed by atoms with van der Waals surface area (Å²) in [7, 11) is -3.44. The predicted octanol–water partition coefficient (Wildman–Crippen LogP) is 6.02. The molecule has 1 heterocycles. The summed E-state index contributed by atoms with van der Waals surface area (Å²) < 4.78 is 67.4. The average molecular weight is 532 g/mol. The predicted molar refractivity (Wildman–Crippen MR) is 136 cm³/mol. The number of benzene rings is 3. The smallest absolute Gasteiger partial charge is 0.406 e. The first-order valence-corrected chi connectivity index (χ1v) is 13.0. The summed E-state index contributed by atoms with van der Waals surface area (Å²) in [5.41, 5.74) is 2.38. The maximum Gasteiger partial charge on any atom is 0.573 e. The van der Waals surface area contributed by atoms with Crippen LogP contribution in [0.1, 0.15) is 35.5 Å². The molecule has 0 fully saturated rings. The molecule has 1 amide bonds. The van der Waals surface area contributed by atoms with Crippen molar-refractivity contribution in [1.82, 2.24) is 4.98 Å². The molecule has 0 unspecified atom stereocenters. The number of amides is 1. The largest absolute Gasteiger partial charge is 0.573 e. The molecule has 0 saturated heterocycles. The second kappa shape index (κ2) is 9.47. The number of H-pyrrole nitrogens is 1. The van der Waals surface area contributed by atoms with E-state index in [-0.39, 0.29) is 11.4 Å². The van der Waals surface area contributed by atoms with Gasteiger partial charge in [0.15, 0.2) is 0 Å². The van der Waals surface area contributed by atoms with Gasteiger partial charge in [-0.2, -0.15) is 0 Å². The van der Waals surface area contributed by atoms with Crippen LogP contribution in [0.5, 0.6) is 5.75 Å². The van der Waals surface area contributed by atoms with Crippen LogP contribution in [0.25, 0.3) is 10.9 Å². The van der Waals surface area contributed by atoms with Crippen molar-refractivity contribution in [3.63, 3.8) is 0 Å². The number of fused-ring (bicyclic) bond motifs is 1. The van der Waals surface area contributed by atoms with E-state index in [0.717, 1.165) is 17.2 Å². The zero-order chi connectivity index (χ0) is 27.0. The van der Waals surface area contributed by atoms with Gasteiger partial charge < -0.3 is 15.0 Å². The third-order valence-electron chi connectivity index (χ3n) is 5.80. The Bertz CT molecular complexity index is 1580. The van der Waals surface area contributed by atoms with E-state index in [4.69, 9.17) is 0 Å². The molecule has 11 heteroatoms. The summed E-state index contributed by atoms with van der Waals surface area (Å²) in [6.45, 7) is 3.72. The maximum absolute atomic E-state index is 12.9. The Kier molecular flexibility index (Phi) is 6.68. The molecule has 3 aromatic carbocycles. The van der Waals surface area contributed by atoms with Gasteiger partial charge in [0.25, 0.3) is 5.91 Å². The monoisotopic (exact) mass is 531 g/mol. The molecule has 0 saturated carbocycles. The van der Waals surface area contributed by atoms with Crippen LogP contribution in [-0.4, -0.2) is 31.9 Å². The lowest BCUT2D eigenvalue weighted by Crippen LogP contribution is -2.21. The molecule has 0 aliphatic heterocycles. The summed E-state index contributed by atoms with van der Waals surface area (Å²) in [4.78, 5) is 15.9. The molecule has 194 valence electrons. The number of carbonyl (C=O) groups is 1. The van der Waals surface area contributed by atoms with Crippen LogP contribution in [0.15, 0.2) is 72.8 Å². The minimum absolute atomic E-state index is 0.271. The number of hydrogen-bond acceptors (Lipinski definition) is 4. The van der Waals surface area contributed by atoms with Gasteiger partial charge in [-0.25, -0.2) is 8.42 Å². The van der Waals surface area contributed by atoms with E-state index in [1.54, 1.807) is 48.5 Å². The normalized spacial score (nSPS) is 12.4. The third kappa shape index (κ3) is 6.42. The van der Waals surface area contributed by atoms with Crippen LogP contribution in [0.3, 0.4) is 0 Å². The maximum atomic E-state index is 12.9. The van der Waals surface area contributed by atoms with Crippen LogP contribution in [0.2, 0.25) is 0 Å². The molecule has 0 atom stereocenters. The minimum Gasteiger partial charge on any atom is -0.406 e. The van der Waals surface area contributed by atoms with Gasteiger partial charge in [0.1, 0.15) is 11.4 Å². The number of ether oxygens (including phenoxy) is 1. The van der Waals surface area contributed by atoms with Crippen molar-refractivity contribution >= 4 is 38.2 Å². The van der Waals surface area contributed by atoms with Gasteiger partial charge in [0.2, 0.25) is 10.0 Å². The lowest BCUT2D eigenvalue weighted by molar-refractivity contribution is -0.274. The first kappa shape index (κ1) is 26.1. The number of carbonyl (C=O) groups excluding carboxylic acids is 1. The number of rotatable bonds is 7. The Labute approximate surface area is 211 Å². The van der Waals surface area contributed by atoms with Crippen LogP contribution in [0, 0.1) is 0 Å². The van der Waals surface area contributed by atoms with Gasteiger partial charge in [0, 0.05) is 22.0 Å². The third-order valence-corrected chi connectivity index (χ3v) is 6.41. The van der Waals surface area contributed by atoms with E-state index in [1.807, 2.05) is 19.9 Å². The molecule has 4 rings (SSSR count). The molecule has 4 aromatic rings. The number of sulfonamides is 1. The molecular weight excluding hydrogens is 507 g/mol. The second-order valence-electron chi connectivity index (χ2n) is 9.09. The van der Waals surface area contributed by atoms with Crippen molar-refractivity contribution in [2.45, 2.75) is 25.6 Å². The Morgan fingerprint density at radius 1 is 0.892 bits per heavy atom. The van der Waals surface area contributed by atoms with Gasteiger partial charge in [-0.3, -0.25) is 9.52 Å². The summed E-state index contributed by atoms with van der Waals surface area (Å²) in [6.07, 6.45) is -3.74. The van der Waals surface area contributed by atoms with Crippen LogP contribution >= 0.6 is 0 Å². The standard InChI is InChI=1S/C26H24F3N3O4S/c1-25(2,18-7-5-9-21(14-18)36-26(27,28)29)17-6-4-8-19(13-17)30-24(33)23-12-16-10-11-20(15-22(16)31-23)32-37(3,34)35/h4-15,31-32H,1-3H3,(H,30,33). The number of nitrogens with one attached hydrogen (secondary N) is 3. The number of halogens is 3. The molecule has 0 bridgehead atoms. The van der Waals surface area contributed by atoms with Crippen molar-refractivity contribution in [2.24, 2.45) is 0 Å². The molecule has 0 aliphatic carbocycles. The Balaban J connectivity index is 1.55. The van der Waals surface area contributed by atoms with Gasteiger partial charge in [-0.1, -0.05) is 44.2 Å². The van der Waals surface area contributed by atoms with Gasteiger partial charge in [0.05, 0.1) is 11.9 Å². The van der Waals surface area contributed by atoms with Crippen molar-refractivity contribution in [3.8, 4) is 5.75 Å². The molecule has 0 spiro atoms. The van der Waals surface area contributed by atoms with Gasteiger partial charge in [-0.05, 0) is 53.6 Å². The molecular formula is C26H24F3N3O4S. The van der Waals surface area contributed by atoms with Crippen LogP contribution in [0.4, 0.5) is 24.5 Å². The Morgan fingerprint density at radius 2 is 1.57 bits per heavy atom. The molecule has 0 radical (unpaired) electrons. The number of alkyl halides is 3. The van der Waals surface area contributed by atoms with Crippen molar-refractivity contribution in [1.29, 1.82) is 0 Å².